The Bertz CT molecular complexity index is 4070. The molecule has 12 rings (SSSR count). The third-order valence-corrected chi connectivity index (χ3v) is 12.9. The van der Waals surface area contributed by atoms with Crippen molar-refractivity contribution in [1.82, 2.24) is 24.1 Å². The van der Waals surface area contributed by atoms with Crippen LogP contribution in [0.5, 0.6) is 0 Å². The van der Waals surface area contributed by atoms with E-state index in [0.717, 1.165) is 78.1 Å². The highest BCUT2D eigenvalue weighted by molar-refractivity contribution is 6.11. The predicted octanol–water partition coefficient (Wildman–Crippen LogP) is 15.2. The number of rotatable bonds is 7. The van der Waals surface area contributed by atoms with Gasteiger partial charge in [-0.2, -0.15) is 23.7 Å². The van der Waals surface area contributed by atoms with Gasteiger partial charge in [-0.1, -0.05) is 115 Å². The first-order valence-electron chi connectivity index (χ1n) is 22.4. The third kappa shape index (κ3) is 7.11. The fourth-order valence-electron chi connectivity index (χ4n) is 9.60. The summed E-state index contributed by atoms with van der Waals surface area (Å²) in [6, 6.07) is 68.9. The Morgan fingerprint density at radius 3 is 1.34 bits per heavy atom. The second kappa shape index (κ2) is 16.6. The maximum absolute atomic E-state index is 14.3. The van der Waals surface area contributed by atoms with Crippen LogP contribution < -0.4 is 0 Å². The Labute approximate surface area is 398 Å². The first-order valence-corrected chi connectivity index (χ1v) is 22.4. The Morgan fingerprint density at radius 1 is 0.357 bits per heavy atom. The number of fused-ring (bicyclic) bond motifs is 6. The van der Waals surface area contributed by atoms with E-state index in [2.05, 4.69) is 47.0 Å². The molecule has 0 bridgehead atoms. The van der Waals surface area contributed by atoms with Crippen LogP contribution in [-0.2, 0) is 6.18 Å². The molecule has 0 saturated carbocycles. The van der Waals surface area contributed by atoms with Gasteiger partial charge in [0, 0.05) is 49.4 Å². The molecular weight excluding hydrogens is 876 g/mol. The van der Waals surface area contributed by atoms with Crippen LogP contribution in [0, 0.1) is 22.7 Å². The first-order chi connectivity index (χ1) is 34.2. The molecule has 0 amide bonds. The lowest BCUT2D eigenvalue weighted by Crippen LogP contribution is -2.04. The van der Waals surface area contributed by atoms with Crippen LogP contribution in [0.3, 0.4) is 0 Å². The molecule has 70 heavy (non-hydrogen) atoms. The summed E-state index contributed by atoms with van der Waals surface area (Å²) in [6.45, 7) is 0. The van der Waals surface area contributed by atoms with Gasteiger partial charge in [0.1, 0.15) is 0 Å². The van der Waals surface area contributed by atoms with Crippen molar-refractivity contribution in [2.75, 3.05) is 0 Å². The molecule has 9 aromatic carbocycles. The van der Waals surface area contributed by atoms with Crippen LogP contribution >= 0.6 is 0 Å². The third-order valence-electron chi connectivity index (χ3n) is 12.9. The molecule has 0 aliphatic carbocycles. The van der Waals surface area contributed by atoms with Gasteiger partial charge in [0.2, 0.25) is 0 Å². The van der Waals surface area contributed by atoms with Gasteiger partial charge in [0.05, 0.1) is 62.3 Å². The number of halogens is 3. The molecule has 0 aliphatic rings. The number of hydrogen-bond donors (Lipinski definition) is 0. The van der Waals surface area contributed by atoms with Crippen LogP contribution in [0.25, 0.3) is 111 Å². The summed E-state index contributed by atoms with van der Waals surface area (Å²) in [5.74, 6) is 1.43. The SMILES string of the molecule is N#Cc1ccc(-c2cc(-c3cc(-c4nc(-c5ccccc5)nc(-c5ccccc5)n4)ccc3-n3c4ccccc4c4cc(C(F)(F)F)ccc43)ccc2-n2c3ccccc3c3cc(C#N)ccc32)cc1. The van der Waals surface area contributed by atoms with Crippen LogP contribution in [0.15, 0.2) is 206 Å². The van der Waals surface area contributed by atoms with Crippen LogP contribution in [0.2, 0.25) is 0 Å². The van der Waals surface area contributed by atoms with E-state index < -0.39 is 11.7 Å². The van der Waals surface area contributed by atoms with E-state index in [9.17, 15) is 23.7 Å². The lowest BCUT2D eigenvalue weighted by atomic mass is 9.94. The summed E-state index contributed by atoms with van der Waals surface area (Å²) in [5.41, 5.74) is 10.7. The van der Waals surface area contributed by atoms with Crippen molar-refractivity contribution < 1.29 is 13.2 Å². The number of para-hydroxylation sites is 2. The van der Waals surface area contributed by atoms with Crippen LogP contribution in [-0.4, -0.2) is 24.1 Å². The fourth-order valence-corrected chi connectivity index (χ4v) is 9.60. The number of nitrogens with zero attached hydrogens (tertiary/aromatic N) is 7. The zero-order valence-electron chi connectivity index (χ0n) is 36.9. The minimum atomic E-state index is -4.54. The fraction of sp³-hybridized carbons (Fsp3) is 0.0167. The highest BCUT2D eigenvalue weighted by atomic mass is 19.4. The van der Waals surface area contributed by atoms with E-state index in [4.69, 9.17) is 15.0 Å². The Hall–Kier alpha value is -9.64. The van der Waals surface area contributed by atoms with Gasteiger partial charge >= 0.3 is 6.18 Å². The monoisotopic (exact) mass is 909 g/mol. The van der Waals surface area contributed by atoms with Crippen molar-refractivity contribution in [2.45, 2.75) is 6.18 Å². The summed E-state index contributed by atoms with van der Waals surface area (Å²) < 4.78 is 47.2. The van der Waals surface area contributed by atoms with Gasteiger partial charge in [-0.15, -0.1) is 0 Å². The smallest absolute Gasteiger partial charge is 0.309 e. The highest BCUT2D eigenvalue weighted by Crippen LogP contribution is 2.43. The van der Waals surface area contributed by atoms with Gasteiger partial charge in [-0.05, 0) is 102 Å². The molecule has 0 N–H and O–H groups in total. The molecule has 330 valence electrons. The van der Waals surface area contributed by atoms with E-state index in [0.29, 0.717) is 50.5 Å². The van der Waals surface area contributed by atoms with Crippen molar-refractivity contribution >= 4 is 43.6 Å². The molecule has 7 nitrogen and oxygen atoms in total. The average Bonchev–Trinajstić information content (AvgIpc) is 3.92. The molecule has 0 spiro atoms. The van der Waals surface area contributed by atoms with E-state index in [-0.39, 0.29) is 0 Å². The van der Waals surface area contributed by atoms with Crippen molar-refractivity contribution in [1.29, 1.82) is 10.5 Å². The quantitative estimate of drug-likeness (QED) is 0.159. The van der Waals surface area contributed by atoms with E-state index in [1.54, 1.807) is 18.2 Å². The Balaban J connectivity index is 1.16. The highest BCUT2D eigenvalue weighted by Gasteiger charge is 2.31. The maximum atomic E-state index is 14.3. The molecule has 0 saturated heterocycles. The number of benzene rings is 9. The van der Waals surface area contributed by atoms with Gasteiger partial charge < -0.3 is 9.13 Å². The molecular formula is C60H34F3N7. The molecule has 0 radical (unpaired) electrons. The predicted molar refractivity (Wildman–Crippen MR) is 270 cm³/mol. The number of hydrogen-bond acceptors (Lipinski definition) is 5. The van der Waals surface area contributed by atoms with Crippen molar-refractivity contribution in [3.8, 4) is 79.9 Å². The minimum absolute atomic E-state index is 0.434. The minimum Gasteiger partial charge on any atom is -0.309 e. The van der Waals surface area contributed by atoms with Crippen molar-refractivity contribution in [2.24, 2.45) is 0 Å². The Morgan fingerprint density at radius 2 is 0.786 bits per heavy atom. The summed E-state index contributed by atoms with van der Waals surface area (Å²) in [4.78, 5) is 15.1. The van der Waals surface area contributed by atoms with Gasteiger partial charge in [-0.3, -0.25) is 0 Å². The van der Waals surface area contributed by atoms with Gasteiger partial charge in [-0.25, -0.2) is 15.0 Å². The second-order valence-electron chi connectivity index (χ2n) is 17.0. The number of nitriles is 2. The molecule has 0 aliphatic heterocycles. The lowest BCUT2D eigenvalue weighted by molar-refractivity contribution is -0.137. The second-order valence-corrected chi connectivity index (χ2v) is 17.0. The van der Waals surface area contributed by atoms with E-state index in [1.807, 2.05) is 150 Å². The molecule has 12 aromatic rings. The van der Waals surface area contributed by atoms with Crippen molar-refractivity contribution in [3.63, 3.8) is 0 Å². The topological polar surface area (TPSA) is 96.1 Å². The first kappa shape index (κ1) is 41.8. The maximum Gasteiger partial charge on any atom is 0.416 e. The molecule has 3 aromatic heterocycles. The molecule has 10 heteroatoms. The number of aromatic nitrogens is 5. The van der Waals surface area contributed by atoms with Gasteiger partial charge in [0.15, 0.2) is 17.5 Å². The molecule has 0 unspecified atom stereocenters. The Kier molecular flexibility index (Phi) is 9.90. The van der Waals surface area contributed by atoms with E-state index >= 15 is 0 Å². The summed E-state index contributed by atoms with van der Waals surface area (Å²) in [6.07, 6.45) is -4.54. The standard InChI is InChI=1S/C60H34F3N7/c61-60(62,63)44-26-30-56-50(34-44)46-16-8-10-18-52(46)70(56)54-29-25-43(59-67-57(40-11-3-1-4-12-40)66-58(68-59)41-13-5-2-6-14-41)33-48(54)42-24-28-53(47(32-42)39-22-19-37(35-64)20-23-39)69-51-17-9-7-15-45(51)49-31-38(36-65)21-27-55(49)69/h1-34H. The van der Waals surface area contributed by atoms with Crippen molar-refractivity contribution in [3.05, 3.63) is 223 Å². The molecule has 3 heterocycles. The summed E-state index contributed by atoms with van der Waals surface area (Å²) >= 11 is 0. The average molecular weight is 910 g/mol. The molecule has 0 fully saturated rings. The lowest BCUT2D eigenvalue weighted by Gasteiger charge is -2.19. The normalized spacial score (nSPS) is 11.6. The zero-order valence-corrected chi connectivity index (χ0v) is 36.9. The molecule has 0 atom stereocenters. The van der Waals surface area contributed by atoms with E-state index in [1.165, 1.54) is 6.07 Å². The van der Waals surface area contributed by atoms with Crippen LogP contribution in [0.1, 0.15) is 16.7 Å². The van der Waals surface area contributed by atoms with Gasteiger partial charge in [0.25, 0.3) is 0 Å². The van der Waals surface area contributed by atoms with Crippen LogP contribution in [0.4, 0.5) is 13.2 Å². The summed E-state index contributed by atoms with van der Waals surface area (Å²) in [5, 5.41) is 22.8. The zero-order chi connectivity index (χ0) is 47.5. The number of alkyl halides is 3. The largest absolute Gasteiger partial charge is 0.416 e. The summed E-state index contributed by atoms with van der Waals surface area (Å²) in [7, 11) is 0.